The lowest BCUT2D eigenvalue weighted by Crippen LogP contribution is -2.24. The molecule has 1 saturated carbocycles. The van der Waals surface area contributed by atoms with Crippen LogP contribution in [0.5, 0.6) is 0 Å². The number of aromatic nitrogens is 3. The molecular weight excluding hydrogens is 248 g/mol. The molecule has 0 aliphatic heterocycles. The van der Waals surface area contributed by atoms with Crippen LogP contribution >= 0.6 is 0 Å². The van der Waals surface area contributed by atoms with Gasteiger partial charge in [0.2, 0.25) is 0 Å². The number of hydrogen-bond acceptors (Lipinski definition) is 3. The van der Waals surface area contributed by atoms with E-state index < -0.39 is 0 Å². The molecule has 2 heterocycles. The fraction of sp³-hybridized carbons (Fsp3) is 0.625. The van der Waals surface area contributed by atoms with Gasteiger partial charge in [0, 0.05) is 24.0 Å². The summed E-state index contributed by atoms with van der Waals surface area (Å²) in [4.78, 5) is 4.25. The molecule has 2 aromatic heterocycles. The molecule has 1 N–H and O–H groups in total. The number of rotatable bonds is 5. The van der Waals surface area contributed by atoms with Crippen molar-refractivity contribution in [2.75, 3.05) is 6.54 Å². The maximum atomic E-state index is 4.45. The zero-order chi connectivity index (χ0) is 13.8. The summed E-state index contributed by atoms with van der Waals surface area (Å²) < 4.78 is 1.92. The summed E-state index contributed by atoms with van der Waals surface area (Å²) in [5.74, 6) is 0.861. The van der Waals surface area contributed by atoms with Crippen molar-refractivity contribution in [2.24, 2.45) is 5.92 Å². The molecule has 0 amide bonds. The second kappa shape index (κ2) is 6.35. The molecule has 0 bridgehead atoms. The summed E-state index contributed by atoms with van der Waals surface area (Å²) >= 11 is 0. The van der Waals surface area contributed by atoms with Crippen LogP contribution in [0.1, 0.15) is 57.1 Å². The third-order valence-corrected chi connectivity index (χ3v) is 4.47. The minimum atomic E-state index is 0.407. The minimum absolute atomic E-state index is 0.407. The van der Waals surface area contributed by atoms with Crippen molar-refractivity contribution in [1.82, 2.24) is 19.9 Å². The molecule has 0 aromatic carbocycles. The van der Waals surface area contributed by atoms with Crippen LogP contribution < -0.4 is 5.32 Å². The normalized spacial score (nSPS) is 18.4. The molecule has 0 saturated heterocycles. The molecule has 4 heteroatoms. The summed E-state index contributed by atoms with van der Waals surface area (Å²) in [7, 11) is 0. The van der Waals surface area contributed by atoms with E-state index in [2.05, 4.69) is 22.3 Å². The van der Waals surface area contributed by atoms with Gasteiger partial charge in [-0.1, -0.05) is 39.0 Å². The predicted molar refractivity (Wildman–Crippen MR) is 80.6 cm³/mol. The smallest absolute Gasteiger partial charge is 0.0892 e. The predicted octanol–water partition coefficient (Wildman–Crippen LogP) is 3.35. The van der Waals surface area contributed by atoms with Gasteiger partial charge >= 0.3 is 0 Å². The van der Waals surface area contributed by atoms with Crippen LogP contribution in [0.2, 0.25) is 0 Å². The number of hydrogen-bond donors (Lipinski definition) is 1. The topological polar surface area (TPSA) is 42.2 Å². The molecule has 1 atom stereocenters. The number of fused-ring (bicyclic) bond motifs is 1. The van der Waals surface area contributed by atoms with E-state index in [4.69, 9.17) is 0 Å². The Balaban J connectivity index is 1.81. The van der Waals surface area contributed by atoms with Crippen molar-refractivity contribution in [3.63, 3.8) is 0 Å². The largest absolute Gasteiger partial charge is 0.310 e. The van der Waals surface area contributed by atoms with Gasteiger partial charge < -0.3 is 5.32 Å². The molecule has 2 aromatic rings. The molecule has 1 aliphatic rings. The quantitative estimate of drug-likeness (QED) is 0.907. The van der Waals surface area contributed by atoms with E-state index >= 15 is 0 Å². The molecule has 20 heavy (non-hydrogen) atoms. The molecule has 1 aliphatic carbocycles. The van der Waals surface area contributed by atoms with Gasteiger partial charge in [-0.25, -0.2) is 4.52 Å². The highest BCUT2D eigenvalue weighted by Gasteiger charge is 2.22. The first kappa shape index (κ1) is 13.6. The van der Waals surface area contributed by atoms with Crippen LogP contribution in [0.3, 0.4) is 0 Å². The monoisotopic (exact) mass is 272 g/mol. The van der Waals surface area contributed by atoms with Crippen LogP contribution in [0, 0.1) is 5.92 Å². The molecule has 1 unspecified atom stereocenters. The Morgan fingerprint density at radius 1 is 1.30 bits per heavy atom. The summed E-state index contributed by atoms with van der Waals surface area (Å²) in [6, 6.07) is 0.407. The standard InChI is InChI=1S/C16H24N4/c1-2-18-15(10-13-6-4-3-5-7-13)14-11-19-20-9-8-17-12-16(14)20/h8-9,11-13,15,18H,2-7,10H2,1H3. The van der Waals surface area contributed by atoms with Crippen LogP contribution in [0.4, 0.5) is 0 Å². The van der Waals surface area contributed by atoms with Gasteiger partial charge in [-0.05, 0) is 18.9 Å². The van der Waals surface area contributed by atoms with E-state index in [1.165, 1.54) is 44.1 Å². The van der Waals surface area contributed by atoms with Crippen molar-refractivity contribution in [1.29, 1.82) is 0 Å². The van der Waals surface area contributed by atoms with Gasteiger partial charge in [-0.3, -0.25) is 4.98 Å². The van der Waals surface area contributed by atoms with Gasteiger partial charge in [0.1, 0.15) is 0 Å². The lowest BCUT2D eigenvalue weighted by Gasteiger charge is -2.26. The minimum Gasteiger partial charge on any atom is -0.310 e. The van der Waals surface area contributed by atoms with E-state index in [1.54, 1.807) is 6.20 Å². The fourth-order valence-electron chi connectivity index (χ4n) is 3.44. The van der Waals surface area contributed by atoms with Gasteiger partial charge in [-0.15, -0.1) is 0 Å². The van der Waals surface area contributed by atoms with Gasteiger partial charge in [0.25, 0.3) is 0 Å². The average molecular weight is 272 g/mol. The fourth-order valence-corrected chi connectivity index (χ4v) is 3.44. The maximum absolute atomic E-state index is 4.45. The van der Waals surface area contributed by atoms with E-state index in [0.29, 0.717) is 6.04 Å². The molecule has 108 valence electrons. The lowest BCUT2D eigenvalue weighted by atomic mass is 9.83. The van der Waals surface area contributed by atoms with Gasteiger partial charge in [0.15, 0.2) is 0 Å². The Kier molecular flexibility index (Phi) is 4.31. The second-order valence-corrected chi connectivity index (χ2v) is 5.86. The lowest BCUT2D eigenvalue weighted by molar-refractivity contribution is 0.302. The summed E-state index contributed by atoms with van der Waals surface area (Å²) in [5, 5.41) is 8.09. The van der Waals surface area contributed by atoms with Crippen molar-refractivity contribution in [2.45, 2.75) is 51.5 Å². The molecule has 0 radical (unpaired) electrons. The first-order valence-electron chi connectivity index (χ1n) is 7.89. The summed E-state index contributed by atoms with van der Waals surface area (Å²) in [5.41, 5.74) is 2.43. The molecular formula is C16H24N4. The summed E-state index contributed by atoms with van der Waals surface area (Å²) in [6.07, 6.45) is 15.9. The van der Waals surface area contributed by atoms with Crippen LogP contribution in [-0.4, -0.2) is 21.1 Å². The second-order valence-electron chi connectivity index (χ2n) is 5.86. The van der Waals surface area contributed by atoms with Gasteiger partial charge in [0.05, 0.1) is 17.9 Å². The first-order valence-corrected chi connectivity index (χ1v) is 7.89. The van der Waals surface area contributed by atoms with Crippen molar-refractivity contribution in [3.05, 3.63) is 30.4 Å². The molecule has 0 spiro atoms. The molecule has 4 nitrogen and oxygen atoms in total. The summed E-state index contributed by atoms with van der Waals surface area (Å²) in [6.45, 7) is 3.17. The molecule has 3 rings (SSSR count). The number of nitrogens with one attached hydrogen (secondary N) is 1. The highest BCUT2D eigenvalue weighted by atomic mass is 15.2. The van der Waals surface area contributed by atoms with Crippen LogP contribution in [0.15, 0.2) is 24.8 Å². The van der Waals surface area contributed by atoms with E-state index in [0.717, 1.165) is 18.0 Å². The maximum Gasteiger partial charge on any atom is 0.0892 e. The van der Waals surface area contributed by atoms with Crippen molar-refractivity contribution >= 4 is 5.52 Å². The van der Waals surface area contributed by atoms with E-state index in [9.17, 15) is 0 Å². The van der Waals surface area contributed by atoms with Crippen LogP contribution in [0.25, 0.3) is 5.52 Å². The SMILES string of the molecule is CCNC(CC1CCCCC1)c1cnn2ccncc12. The zero-order valence-corrected chi connectivity index (χ0v) is 12.3. The zero-order valence-electron chi connectivity index (χ0n) is 12.3. The Bertz CT molecular complexity index is 542. The third kappa shape index (κ3) is 2.85. The Morgan fingerprint density at radius 2 is 2.15 bits per heavy atom. The number of nitrogens with zero attached hydrogens (tertiary/aromatic N) is 3. The van der Waals surface area contributed by atoms with Crippen molar-refractivity contribution in [3.8, 4) is 0 Å². The van der Waals surface area contributed by atoms with E-state index in [-0.39, 0.29) is 0 Å². The Labute approximate surface area is 120 Å². The van der Waals surface area contributed by atoms with Crippen LogP contribution in [-0.2, 0) is 0 Å². The average Bonchev–Trinajstić information content (AvgIpc) is 2.92. The Morgan fingerprint density at radius 3 is 2.95 bits per heavy atom. The molecule has 1 fully saturated rings. The highest BCUT2D eigenvalue weighted by Crippen LogP contribution is 2.32. The first-order chi connectivity index (χ1) is 9.88. The Hall–Kier alpha value is -1.42. The van der Waals surface area contributed by atoms with Crippen molar-refractivity contribution < 1.29 is 0 Å². The third-order valence-electron chi connectivity index (χ3n) is 4.47. The van der Waals surface area contributed by atoms with Gasteiger partial charge in [-0.2, -0.15) is 5.10 Å². The highest BCUT2D eigenvalue weighted by molar-refractivity contribution is 5.53. The van der Waals surface area contributed by atoms with E-state index in [1.807, 2.05) is 23.1 Å².